The molecule has 3 N–H and O–H groups in total. The Morgan fingerprint density at radius 1 is 1.00 bits per heavy atom. The van der Waals surface area contributed by atoms with E-state index in [1.165, 1.54) is 0 Å². The number of amides is 2. The smallest absolute Gasteiger partial charge is 0.276 e. The largest absolute Gasteiger partial charge is 0.483 e. The topological polar surface area (TPSA) is 79.5 Å². The predicted octanol–water partition coefficient (Wildman–Crippen LogP) is 2.33. The molecule has 26 heavy (non-hydrogen) atoms. The van der Waals surface area contributed by atoms with E-state index in [2.05, 4.69) is 16.2 Å². The summed E-state index contributed by atoms with van der Waals surface area (Å²) in [5.74, 6) is -0.134. The van der Waals surface area contributed by atoms with Gasteiger partial charge < -0.3 is 4.74 Å². The molecule has 0 spiro atoms. The summed E-state index contributed by atoms with van der Waals surface area (Å²) in [6.45, 7) is 5.61. The molecule has 0 saturated carbocycles. The van der Waals surface area contributed by atoms with Crippen molar-refractivity contribution in [2.45, 2.75) is 20.8 Å². The van der Waals surface area contributed by atoms with Crippen LogP contribution in [0.5, 0.6) is 5.75 Å². The lowest BCUT2D eigenvalue weighted by Crippen LogP contribution is -2.49. The van der Waals surface area contributed by atoms with Gasteiger partial charge in [-0.1, -0.05) is 35.4 Å². The highest BCUT2D eigenvalue weighted by Gasteiger charge is 2.09. The molecule has 0 saturated heterocycles. The number of hydrogen-bond acceptors (Lipinski definition) is 4. The minimum Gasteiger partial charge on any atom is -0.483 e. The summed E-state index contributed by atoms with van der Waals surface area (Å²) in [5.41, 5.74) is 8.38. The van der Waals surface area contributed by atoms with E-state index < -0.39 is 5.91 Å². The van der Waals surface area contributed by atoms with Crippen molar-refractivity contribution < 1.29 is 14.3 Å². The summed E-state index contributed by atoms with van der Waals surface area (Å²) >= 11 is 5.00. The molecule has 0 aromatic heterocycles. The van der Waals surface area contributed by atoms with Crippen LogP contribution < -0.4 is 20.9 Å². The van der Waals surface area contributed by atoms with Crippen LogP contribution in [-0.4, -0.2) is 23.5 Å². The summed E-state index contributed by atoms with van der Waals surface area (Å²) in [4.78, 5) is 23.9. The summed E-state index contributed by atoms with van der Waals surface area (Å²) in [6, 6.07) is 12.8. The predicted molar refractivity (Wildman–Crippen MR) is 104 cm³/mol. The average Bonchev–Trinajstić information content (AvgIpc) is 2.59. The van der Waals surface area contributed by atoms with E-state index in [1.807, 2.05) is 45.0 Å². The number of benzene rings is 2. The van der Waals surface area contributed by atoms with E-state index in [0.717, 1.165) is 16.7 Å². The molecule has 0 atom stereocenters. The summed E-state index contributed by atoms with van der Waals surface area (Å²) in [6.07, 6.45) is 0. The highest BCUT2D eigenvalue weighted by atomic mass is 32.1. The Morgan fingerprint density at radius 3 is 2.42 bits per heavy atom. The van der Waals surface area contributed by atoms with Gasteiger partial charge in [0.05, 0.1) is 0 Å². The minimum absolute atomic E-state index is 0.00336. The molecule has 6 nitrogen and oxygen atoms in total. The number of ether oxygens (including phenoxy) is 1. The molecule has 2 aromatic carbocycles. The first-order valence-electron chi connectivity index (χ1n) is 8.02. The zero-order chi connectivity index (χ0) is 19.1. The van der Waals surface area contributed by atoms with Gasteiger partial charge in [-0.3, -0.25) is 25.8 Å². The van der Waals surface area contributed by atoms with Crippen molar-refractivity contribution in [2.75, 3.05) is 6.61 Å². The summed E-state index contributed by atoms with van der Waals surface area (Å²) in [5, 5.41) is 2.49. The molecule has 2 rings (SSSR count). The van der Waals surface area contributed by atoms with Crippen LogP contribution in [0.1, 0.15) is 27.0 Å². The summed E-state index contributed by atoms with van der Waals surface area (Å²) in [7, 11) is 0. The fourth-order valence-electron chi connectivity index (χ4n) is 2.26. The highest BCUT2D eigenvalue weighted by molar-refractivity contribution is 7.80. The zero-order valence-electron chi connectivity index (χ0n) is 14.9. The molecular weight excluding hydrogens is 350 g/mol. The van der Waals surface area contributed by atoms with Crippen LogP contribution in [-0.2, 0) is 4.79 Å². The number of hydrazine groups is 1. The molecule has 0 aliphatic rings. The Morgan fingerprint density at radius 2 is 1.73 bits per heavy atom. The molecule has 7 heteroatoms. The van der Waals surface area contributed by atoms with Crippen molar-refractivity contribution >= 4 is 29.1 Å². The van der Waals surface area contributed by atoms with Crippen molar-refractivity contribution in [1.29, 1.82) is 0 Å². The van der Waals surface area contributed by atoms with E-state index in [1.54, 1.807) is 18.2 Å². The highest BCUT2D eigenvalue weighted by Crippen LogP contribution is 2.18. The Balaban J connectivity index is 1.76. The number of nitrogens with one attached hydrogen (secondary N) is 3. The van der Waals surface area contributed by atoms with Gasteiger partial charge in [-0.25, -0.2) is 0 Å². The average molecular weight is 371 g/mol. The van der Waals surface area contributed by atoms with Crippen LogP contribution in [0, 0.1) is 20.8 Å². The molecule has 2 amide bonds. The van der Waals surface area contributed by atoms with Crippen LogP contribution in [0.4, 0.5) is 0 Å². The Labute approximate surface area is 157 Å². The van der Waals surface area contributed by atoms with Gasteiger partial charge in [-0.2, -0.15) is 0 Å². The second kappa shape index (κ2) is 8.96. The number of carbonyl (C=O) groups excluding carboxylic acids is 2. The van der Waals surface area contributed by atoms with Gasteiger partial charge >= 0.3 is 0 Å². The Hall–Kier alpha value is -2.93. The van der Waals surface area contributed by atoms with E-state index in [0.29, 0.717) is 11.3 Å². The van der Waals surface area contributed by atoms with Crippen molar-refractivity contribution in [3.8, 4) is 5.75 Å². The van der Waals surface area contributed by atoms with Gasteiger partial charge in [-0.15, -0.1) is 0 Å². The maximum Gasteiger partial charge on any atom is 0.276 e. The third-order valence-electron chi connectivity index (χ3n) is 3.51. The standard InChI is InChI=1S/C19H21N3O3S/c1-12-5-4-6-15(10-12)18(24)20-19(26)22-21-17(23)11-25-16-8-7-13(2)9-14(16)3/h4-10H,11H2,1-3H3,(H,21,23)(H2,20,22,24,26). The van der Waals surface area contributed by atoms with Gasteiger partial charge in [0, 0.05) is 5.56 Å². The normalized spacial score (nSPS) is 9.96. The maximum atomic E-state index is 12.1. The van der Waals surface area contributed by atoms with Crippen LogP contribution >= 0.6 is 12.2 Å². The van der Waals surface area contributed by atoms with Crippen molar-refractivity contribution in [2.24, 2.45) is 0 Å². The van der Waals surface area contributed by atoms with Gasteiger partial charge in [-0.05, 0) is 56.8 Å². The quantitative estimate of drug-likeness (QED) is 0.568. The van der Waals surface area contributed by atoms with Crippen LogP contribution in [0.2, 0.25) is 0 Å². The SMILES string of the molecule is Cc1cccc(C(=O)NC(=S)NNC(=O)COc2ccc(C)cc2C)c1. The van der Waals surface area contributed by atoms with Gasteiger partial charge in [0.15, 0.2) is 11.7 Å². The molecule has 2 aromatic rings. The number of rotatable bonds is 4. The third-order valence-corrected chi connectivity index (χ3v) is 3.72. The lowest BCUT2D eigenvalue weighted by Gasteiger charge is -2.12. The van der Waals surface area contributed by atoms with E-state index in [9.17, 15) is 9.59 Å². The molecular formula is C19H21N3O3S. The fraction of sp³-hybridized carbons (Fsp3) is 0.211. The number of carbonyl (C=O) groups is 2. The van der Waals surface area contributed by atoms with Gasteiger partial charge in [0.25, 0.3) is 11.8 Å². The molecule has 0 heterocycles. The Kier molecular flexibility index (Phi) is 6.68. The Bertz CT molecular complexity index is 837. The number of hydrogen-bond donors (Lipinski definition) is 3. The van der Waals surface area contributed by atoms with Gasteiger partial charge in [0.2, 0.25) is 0 Å². The van der Waals surface area contributed by atoms with Crippen molar-refractivity contribution in [3.05, 3.63) is 64.7 Å². The van der Waals surface area contributed by atoms with Crippen LogP contribution in [0.3, 0.4) is 0 Å². The molecule has 136 valence electrons. The van der Waals surface area contributed by atoms with Crippen molar-refractivity contribution in [1.82, 2.24) is 16.2 Å². The van der Waals surface area contributed by atoms with E-state index in [4.69, 9.17) is 17.0 Å². The molecule has 0 bridgehead atoms. The molecule has 0 unspecified atom stereocenters. The van der Waals surface area contributed by atoms with E-state index >= 15 is 0 Å². The first-order valence-corrected chi connectivity index (χ1v) is 8.43. The second-order valence-corrected chi connectivity index (χ2v) is 6.29. The zero-order valence-corrected chi connectivity index (χ0v) is 15.7. The monoisotopic (exact) mass is 371 g/mol. The second-order valence-electron chi connectivity index (χ2n) is 5.88. The molecule has 0 aliphatic heterocycles. The first-order chi connectivity index (χ1) is 12.3. The fourth-order valence-corrected chi connectivity index (χ4v) is 2.40. The van der Waals surface area contributed by atoms with Crippen LogP contribution in [0.15, 0.2) is 42.5 Å². The van der Waals surface area contributed by atoms with Crippen molar-refractivity contribution in [3.63, 3.8) is 0 Å². The maximum absolute atomic E-state index is 12.1. The molecule has 0 aliphatic carbocycles. The number of thiocarbonyl (C=S) groups is 1. The van der Waals surface area contributed by atoms with E-state index in [-0.39, 0.29) is 17.6 Å². The summed E-state index contributed by atoms with van der Waals surface area (Å²) < 4.78 is 5.47. The third kappa shape index (κ3) is 5.86. The lowest BCUT2D eigenvalue weighted by molar-refractivity contribution is -0.123. The van der Waals surface area contributed by atoms with Crippen LogP contribution in [0.25, 0.3) is 0 Å². The molecule has 0 radical (unpaired) electrons. The first kappa shape index (κ1) is 19.4. The minimum atomic E-state index is -0.419. The number of aryl methyl sites for hydroxylation is 3. The lowest BCUT2D eigenvalue weighted by atomic mass is 10.1. The molecule has 0 fully saturated rings. The van der Waals surface area contributed by atoms with Gasteiger partial charge in [0.1, 0.15) is 5.75 Å².